The van der Waals surface area contributed by atoms with E-state index in [1.165, 1.54) is 11.8 Å². The zero-order valence-corrected chi connectivity index (χ0v) is 15.3. The lowest BCUT2D eigenvalue weighted by atomic mass is 10.1. The Hall–Kier alpha value is -1.50. The Morgan fingerprint density at radius 1 is 1.29 bits per heavy atom. The maximum absolute atomic E-state index is 12.4. The van der Waals surface area contributed by atoms with Gasteiger partial charge in [0.1, 0.15) is 0 Å². The van der Waals surface area contributed by atoms with Crippen LogP contribution in [0.25, 0.3) is 0 Å². The number of nitrogens with zero attached hydrogens (tertiary/aromatic N) is 1. The van der Waals surface area contributed by atoms with Gasteiger partial charge in [0.2, 0.25) is 5.91 Å². The molecule has 126 valence electrons. The summed E-state index contributed by atoms with van der Waals surface area (Å²) >= 11 is 8.87. The van der Waals surface area contributed by atoms with Crippen molar-refractivity contribution < 1.29 is 9.59 Å². The summed E-state index contributed by atoms with van der Waals surface area (Å²) in [6.45, 7) is 1.19. The van der Waals surface area contributed by atoms with E-state index in [0.29, 0.717) is 18.0 Å². The molecule has 0 bridgehead atoms. The van der Waals surface area contributed by atoms with Crippen molar-refractivity contribution in [3.63, 3.8) is 0 Å². The van der Waals surface area contributed by atoms with Crippen LogP contribution in [0.5, 0.6) is 0 Å². The molecule has 1 unspecified atom stereocenters. The lowest BCUT2D eigenvalue weighted by Crippen LogP contribution is -2.33. The molecule has 1 saturated heterocycles. The zero-order chi connectivity index (χ0) is 16.9. The maximum atomic E-state index is 12.4. The molecule has 1 aromatic carbocycles. The molecule has 2 amide bonds. The minimum Gasteiger partial charge on any atom is -0.344 e. The normalized spacial score (nSPS) is 15.5. The highest BCUT2D eigenvalue weighted by atomic mass is 35.5. The second-order valence-corrected chi connectivity index (χ2v) is 7.88. The third-order valence-corrected chi connectivity index (χ3v) is 5.87. The molecule has 0 aliphatic carbocycles. The minimum atomic E-state index is -0.196. The zero-order valence-electron chi connectivity index (χ0n) is 12.9. The third kappa shape index (κ3) is 4.32. The molecule has 2 heterocycles. The first-order valence-electron chi connectivity index (χ1n) is 7.63. The number of amides is 2. The molecule has 1 atom stereocenters. The highest BCUT2D eigenvalue weighted by Gasteiger charge is 2.23. The van der Waals surface area contributed by atoms with Crippen LogP contribution < -0.4 is 5.32 Å². The predicted octanol–water partition coefficient (Wildman–Crippen LogP) is 4.17. The fourth-order valence-electron chi connectivity index (χ4n) is 2.53. The average molecular weight is 381 g/mol. The van der Waals surface area contributed by atoms with E-state index in [2.05, 4.69) is 5.32 Å². The fraction of sp³-hybridized carbons (Fsp3) is 0.294. The van der Waals surface area contributed by atoms with Gasteiger partial charge in [-0.2, -0.15) is 0 Å². The van der Waals surface area contributed by atoms with E-state index in [0.717, 1.165) is 22.7 Å². The first kappa shape index (κ1) is 17.3. The third-order valence-electron chi connectivity index (χ3n) is 3.79. The molecule has 3 rings (SSSR count). The van der Waals surface area contributed by atoms with Gasteiger partial charge in [0, 0.05) is 35.2 Å². The summed E-state index contributed by atoms with van der Waals surface area (Å²) in [5.74, 6) is 0.747. The van der Waals surface area contributed by atoms with Crippen LogP contribution in [0.2, 0.25) is 5.02 Å². The molecular formula is C17H17ClN2O2S2. The largest absolute Gasteiger partial charge is 0.344 e. The average Bonchev–Trinajstić information content (AvgIpc) is 3.23. The van der Waals surface area contributed by atoms with Crippen LogP contribution in [0.3, 0.4) is 0 Å². The second-order valence-electron chi connectivity index (χ2n) is 5.42. The van der Waals surface area contributed by atoms with Crippen LogP contribution in [0.4, 0.5) is 4.79 Å². The Kier molecular flexibility index (Phi) is 5.81. The van der Waals surface area contributed by atoms with E-state index in [-0.39, 0.29) is 17.2 Å². The molecule has 1 aliphatic rings. The summed E-state index contributed by atoms with van der Waals surface area (Å²) in [5.41, 5.74) is 0.989. The molecule has 1 N–H and O–H groups in total. The molecule has 1 fully saturated rings. The number of nitrogens with one attached hydrogen (secondary N) is 1. The fourth-order valence-corrected chi connectivity index (χ4v) is 4.31. The van der Waals surface area contributed by atoms with Crippen molar-refractivity contribution in [2.24, 2.45) is 0 Å². The summed E-state index contributed by atoms with van der Waals surface area (Å²) < 4.78 is 0. The summed E-state index contributed by atoms with van der Waals surface area (Å²) in [5, 5.41) is 5.80. The van der Waals surface area contributed by atoms with Crippen LogP contribution in [0, 0.1) is 0 Å². The monoisotopic (exact) mass is 380 g/mol. The Labute approximate surface area is 154 Å². The summed E-state index contributed by atoms with van der Waals surface area (Å²) in [6, 6.07) is 11.3. The van der Waals surface area contributed by atoms with Gasteiger partial charge >= 0.3 is 0 Å². The minimum absolute atomic E-state index is 0.0620. The van der Waals surface area contributed by atoms with Gasteiger partial charge in [0.15, 0.2) is 0 Å². The molecule has 24 heavy (non-hydrogen) atoms. The van der Waals surface area contributed by atoms with Crippen molar-refractivity contribution in [3.05, 3.63) is 57.2 Å². The summed E-state index contributed by atoms with van der Waals surface area (Å²) in [7, 11) is 0. The first-order chi connectivity index (χ1) is 11.6. The molecule has 0 saturated carbocycles. The Balaban J connectivity index is 1.66. The molecule has 0 radical (unpaired) electrons. The number of thiophene rings is 1. The Bertz CT molecular complexity index is 704. The molecule has 2 aromatic rings. The van der Waals surface area contributed by atoms with Crippen LogP contribution >= 0.6 is 34.7 Å². The molecular weight excluding hydrogens is 364 g/mol. The number of rotatable bonds is 6. The van der Waals surface area contributed by atoms with E-state index in [9.17, 15) is 9.59 Å². The molecule has 0 spiro atoms. The smallest absolute Gasteiger partial charge is 0.281 e. The topological polar surface area (TPSA) is 49.4 Å². The number of hydrogen-bond acceptors (Lipinski definition) is 4. The molecule has 1 aromatic heterocycles. The number of thioether (sulfide) groups is 1. The molecule has 1 aliphatic heterocycles. The van der Waals surface area contributed by atoms with Crippen molar-refractivity contribution in [2.45, 2.75) is 12.5 Å². The predicted molar refractivity (Wildman–Crippen MR) is 99.8 cm³/mol. The molecule has 4 nitrogen and oxygen atoms in total. The number of halogens is 1. The lowest BCUT2D eigenvalue weighted by molar-refractivity contribution is -0.121. The van der Waals surface area contributed by atoms with Crippen molar-refractivity contribution >= 4 is 45.8 Å². The van der Waals surface area contributed by atoms with E-state index in [1.807, 2.05) is 41.8 Å². The standard InChI is InChI=1S/C17H17ClN2O2S2/c18-13-5-3-12(4-6-13)16(14-2-1-10-23-14)19-15(21)7-8-20-9-11-24-17(20)22/h1-6,10,16H,7-9,11H2,(H,19,21). The number of carbonyl (C=O) groups is 2. The first-order valence-corrected chi connectivity index (χ1v) is 9.88. The van der Waals surface area contributed by atoms with E-state index >= 15 is 0 Å². The van der Waals surface area contributed by atoms with Gasteiger partial charge in [-0.3, -0.25) is 9.59 Å². The number of carbonyl (C=O) groups excluding carboxylic acids is 2. The van der Waals surface area contributed by atoms with Crippen LogP contribution in [0.1, 0.15) is 22.9 Å². The van der Waals surface area contributed by atoms with Crippen molar-refractivity contribution in [1.82, 2.24) is 10.2 Å². The quantitative estimate of drug-likeness (QED) is 0.818. The van der Waals surface area contributed by atoms with Crippen molar-refractivity contribution in [1.29, 1.82) is 0 Å². The number of hydrogen-bond donors (Lipinski definition) is 1. The van der Waals surface area contributed by atoms with Gasteiger partial charge in [0.25, 0.3) is 5.24 Å². The van der Waals surface area contributed by atoms with Gasteiger partial charge in [0.05, 0.1) is 6.04 Å². The summed E-state index contributed by atoms with van der Waals surface area (Å²) in [4.78, 5) is 26.8. The Morgan fingerprint density at radius 3 is 2.71 bits per heavy atom. The van der Waals surface area contributed by atoms with Crippen LogP contribution in [-0.4, -0.2) is 34.9 Å². The van der Waals surface area contributed by atoms with Crippen LogP contribution in [-0.2, 0) is 4.79 Å². The van der Waals surface area contributed by atoms with Gasteiger partial charge in [-0.25, -0.2) is 0 Å². The van der Waals surface area contributed by atoms with Crippen molar-refractivity contribution in [3.8, 4) is 0 Å². The van der Waals surface area contributed by atoms with Crippen molar-refractivity contribution in [2.75, 3.05) is 18.8 Å². The van der Waals surface area contributed by atoms with Gasteiger partial charge in [-0.05, 0) is 29.1 Å². The van der Waals surface area contributed by atoms with E-state index in [1.54, 1.807) is 16.2 Å². The van der Waals surface area contributed by atoms with Gasteiger partial charge in [-0.1, -0.05) is 41.6 Å². The van der Waals surface area contributed by atoms with Gasteiger partial charge in [-0.15, -0.1) is 11.3 Å². The highest BCUT2D eigenvalue weighted by Crippen LogP contribution is 2.27. The number of benzene rings is 1. The second kappa shape index (κ2) is 8.05. The van der Waals surface area contributed by atoms with Gasteiger partial charge < -0.3 is 10.2 Å². The maximum Gasteiger partial charge on any atom is 0.281 e. The van der Waals surface area contributed by atoms with E-state index < -0.39 is 0 Å². The Morgan fingerprint density at radius 2 is 2.08 bits per heavy atom. The van der Waals surface area contributed by atoms with Crippen LogP contribution in [0.15, 0.2) is 41.8 Å². The molecule has 7 heteroatoms. The SMILES string of the molecule is O=C(CCN1CCSC1=O)NC(c1ccc(Cl)cc1)c1cccs1. The lowest BCUT2D eigenvalue weighted by Gasteiger charge is -2.20. The summed E-state index contributed by atoms with van der Waals surface area (Å²) in [6.07, 6.45) is 0.307. The van der Waals surface area contributed by atoms with E-state index in [4.69, 9.17) is 11.6 Å². The highest BCUT2D eigenvalue weighted by molar-refractivity contribution is 8.13.